The monoisotopic (exact) mass is 366 g/mol. The first-order valence-corrected chi connectivity index (χ1v) is 7.85. The number of fused-ring (bicyclic) bond motifs is 1. The van der Waals surface area contributed by atoms with E-state index in [4.69, 9.17) is 9.47 Å². The van der Waals surface area contributed by atoms with Gasteiger partial charge in [0, 0.05) is 12.2 Å². The van der Waals surface area contributed by atoms with Crippen LogP contribution >= 0.6 is 0 Å². The lowest BCUT2D eigenvalue weighted by molar-refractivity contribution is -0.137. The van der Waals surface area contributed by atoms with Gasteiger partial charge in [0.15, 0.2) is 11.5 Å². The molecule has 1 heterocycles. The molecule has 1 aliphatic rings. The summed E-state index contributed by atoms with van der Waals surface area (Å²) in [5.74, 6) is 0.940. The van der Waals surface area contributed by atoms with Gasteiger partial charge in [0.25, 0.3) is 0 Å². The first kappa shape index (κ1) is 18.1. The summed E-state index contributed by atoms with van der Waals surface area (Å²) in [6.45, 7) is 0.700. The van der Waals surface area contributed by atoms with Gasteiger partial charge in [-0.25, -0.2) is 0 Å². The smallest absolute Gasteiger partial charge is 0.416 e. The van der Waals surface area contributed by atoms with Gasteiger partial charge >= 0.3 is 6.18 Å². The van der Waals surface area contributed by atoms with Crippen LogP contribution in [0.1, 0.15) is 11.1 Å². The van der Waals surface area contributed by atoms with E-state index in [1.165, 1.54) is 12.1 Å². The van der Waals surface area contributed by atoms with Gasteiger partial charge in [-0.3, -0.25) is 9.69 Å². The highest BCUT2D eigenvalue weighted by Crippen LogP contribution is 2.33. The number of likely N-dealkylation sites (N-methyl/N-ethyl adjacent to an activating group) is 1. The van der Waals surface area contributed by atoms with Crippen LogP contribution in [0.4, 0.5) is 18.9 Å². The van der Waals surface area contributed by atoms with Gasteiger partial charge in [-0.05, 0) is 42.9 Å². The van der Waals surface area contributed by atoms with Crippen LogP contribution in [0.15, 0.2) is 42.5 Å². The quantitative estimate of drug-likeness (QED) is 0.880. The van der Waals surface area contributed by atoms with E-state index in [1.54, 1.807) is 18.0 Å². The Hall–Kier alpha value is -2.74. The van der Waals surface area contributed by atoms with Crippen LogP contribution in [-0.4, -0.2) is 31.2 Å². The number of rotatable bonds is 5. The van der Waals surface area contributed by atoms with E-state index < -0.39 is 17.6 Å². The molecule has 2 aromatic rings. The van der Waals surface area contributed by atoms with Crippen LogP contribution in [-0.2, 0) is 17.5 Å². The first-order valence-electron chi connectivity index (χ1n) is 7.85. The van der Waals surface area contributed by atoms with Crippen molar-refractivity contribution in [3.05, 3.63) is 53.6 Å². The molecule has 0 saturated carbocycles. The lowest BCUT2D eigenvalue weighted by atomic mass is 10.2. The maximum Gasteiger partial charge on any atom is 0.416 e. The Kier molecular flexibility index (Phi) is 5.03. The largest absolute Gasteiger partial charge is 0.454 e. The number of alkyl halides is 3. The molecule has 0 atom stereocenters. The van der Waals surface area contributed by atoms with Gasteiger partial charge in [0.1, 0.15) is 0 Å². The summed E-state index contributed by atoms with van der Waals surface area (Å²) in [6.07, 6.45) is -4.45. The van der Waals surface area contributed by atoms with Gasteiger partial charge in [-0.1, -0.05) is 12.1 Å². The molecule has 8 heteroatoms. The minimum Gasteiger partial charge on any atom is -0.454 e. The Balaban J connectivity index is 1.56. The lowest BCUT2D eigenvalue weighted by Crippen LogP contribution is -2.29. The van der Waals surface area contributed by atoms with E-state index in [1.807, 2.05) is 12.1 Å². The van der Waals surface area contributed by atoms with Gasteiger partial charge < -0.3 is 14.8 Å². The van der Waals surface area contributed by atoms with Crippen molar-refractivity contribution >= 4 is 11.6 Å². The lowest BCUT2D eigenvalue weighted by Gasteiger charge is -2.17. The third kappa shape index (κ3) is 4.45. The van der Waals surface area contributed by atoms with E-state index in [0.29, 0.717) is 18.0 Å². The van der Waals surface area contributed by atoms with Gasteiger partial charge in [-0.2, -0.15) is 13.2 Å². The van der Waals surface area contributed by atoms with Crippen molar-refractivity contribution in [3.63, 3.8) is 0 Å². The van der Waals surface area contributed by atoms with Gasteiger partial charge in [0.2, 0.25) is 12.7 Å². The van der Waals surface area contributed by atoms with Crippen molar-refractivity contribution in [1.82, 2.24) is 4.90 Å². The minimum absolute atomic E-state index is 0.0324. The van der Waals surface area contributed by atoms with Crippen LogP contribution < -0.4 is 14.8 Å². The van der Waals surface area contributed by atoms with Crippen LogP contribution in [0.2, 0.25) is 0 Å². The molecule has 0 fully saturated rings. The zero-order valence-corrected chi connectivity index (χ0v) is 14.0. The number of anilines is 1. The second-order valence-electron chi connectivity index (χ2n) is 5.99. The summed E-state index contributed by atoms with van der Waals surface area (Å²) in [5, 5.41) is 2.49. The molecule has 0 saturated heterocycles. The molecule has 0 aliphatic carbocycles. The van der Waals surface area contributed by atoms with Crippen molar-refractivity contribution in [1.29, 1.82) is 0 Å². The fourth-order valence-corrected chi connectivity index (χ4v) is 2.63. The van der Waals surface area contributed by atoms with Gasteiger partial charge in [-0.15, -0.1) is 0 Å². The second kappa shape index (κ2) is 7.25. The number of halogens is 3. The number of benzene rings is 2. The predicted molar refractivity (Wildman–Crippen MR) is 89.0 cm³/mol. The Morgan fingerprint density at radius 2 is 1.92 bits per heavy atom. The molecule has 0 radical (unpaired) electrons. The van der Waals surface area contributed by atoms with Crippen LogP contribution in [0.25, 0.3) is 0 Å². The number of hydrogen-bond donors (Lipinski definition) is 1. The maximum atomic E-state index is 12.7. The third-order valence-electron chi connectivity index (χ3n) is 3.78. The van der Waals surface area contributed by atoms with E-state index in [-0.39, 0.29) is 19.0 Å². The summed E-state index contributed by atoms with van der Waals surface area (Å²) in [4.78, 5) is 13.8. The van der Waals surface area contributed by atoms with Crippen molar-refractivity contribution in [3.8, 4) is 11.5 Å². The SMILES string of the molecule is CN(CC(=O)Nc1cccc(C(F)(F)F)c1)Cc1ccc2c(c1)OCO2. The van der Waals surface area contributed by atoms with Crippen LogP contribution in [0.3, 0.4) is 0 Å². The number of nitrogens with zero attached hydrogens (tertiary/aromatic N) is 1. The molecule has 0 spiro atoms. The van der Waals surface area contributed by atoms with Crippen molar-refractivity contribution in [2.24, 2.45) is 0 Å². The summed E-state index contributed by atoms with van der Waals surface area (Å²) >= 11 is 0. The number of carbonyl (C=O) groups is 1. The molecular weight excluding hydrogens is 349 g/mol. The van der Waals surface area contributed by atoms with Crippen molar-refractivity contribution < 1.29 is 27.4 Å². The molecule has 1 aliphatic heterocycles. The highest BCUT2D eigenvalue weighted by molar-refractivity contribution is 5.92. The molecule has 0 bridgehead atoms. The highest BCUT2D eigenvalue weighted by Gasteiger charge is 2.30. The van der Waals surface area contributed by atoms with E-state index in [9.17, 15) is 18.0 Å². The molecule has 1 N–H and O–H groups in total. The number of ether oxygens (including phenoxy) is 2. The van der Waals surface area contributed by atoms with E-state index in [2.05, 4.69) is 5.32 Å². The normalized spacial score (nSPS) is 13.1. The first-order chi connectivity index (χ1) is 12.3. The van der Waals surface area contributed by atoms with E-state index in [0.717, 1.165) is 17.7 Å². The Morgan fingerprint density at radius 3 is 2.69 bits per heavy atom. The zero-order chi connectivity index (χ0) is 18.7. The fourth-order valence-electron chi connectivity index (χ4n) is 2.63. The topological polar surface area (TPSA) is 50.8 Å². The average Bonchev–Trinajstić information content (AvgIpc) is 3.01. The summed E-state index contributed by atoms with van der Waals surface area (Å²) < 4.78 is 48.7. The summed E-state index contributed by atoms with van der Waals surface area (Å²) in [6, 6.07) is 10.1. The average molecular weight is 366 g/mol. The summed E-state index contributed by atoms with van der Waals surface area (Å²) in [5.41, 5.74) is 0.244. The van der Waals surface area contributed by atoms with Gasteiger partial charge in [0.05, 0.1) is 12.1 Å². The number of nitrogens with one attached hydrogen (secondary N) is 1. The Labute approximate surface area is 148 Å². The molecule has 0 aromatic heterocycles. The predicted octanol–water partition coefficient (Wildman–Crippen LogP) is 3.50. The van der Waals surface area contributed by atoms with Crippen LogP contribution in [0, 0.1) is 0 Å². The maximum absolute atomic E-state index is 12.7. The molecule has 26 heavy (non-hydrogen) atoms. The second-order valence-corrected chi connectivity index (χ2v) is 5.99. The molecular formula is C18H17F3N2O3. The van der Waals surface area contributed by atoms with Crippen molar-refractivity contribution in [2.45, 2.75) is 12.7 Å². The fraction of sp³-hybridized carbons (Fsp3) is 0.278. The molecule has 3 rings (SSSR count). The van der Waals surface area contributed by atoms with E-state index >= 15 is 0 Å². The Morgan fingerprint density at radius 1 is 1.15 bits per heavy atom. The summed E-state index contributed by atoms with van der Waals surface area (Å²) in [7, 11) is 1.75. The van der Waals surface area contributed by atoms with Crippen LogP contribution in [0.5, 0.6) is 11.5 Å². The third-order valence-corrected chi connectivity index (χ3v) is 3.78. The standard InChI is InChI=1S/C18H17F3N2O3/c1-23(9-12-5-6-15-16(7-12)26-11-25-15)10-17(24)22-14-4-2-3-13(8-14)18(19,20)21/h2-8H,9-11H2,1H3,(H,22,24). The highest BCUT2D eigenvalue weighted by atomic mass is 19.4. The molecule has 1 amide bonds. The molecule has 5 nitrogen and oxygen atoms in total. The number of amides is 1. The number of hydrogen-bond acceptors (Lipinski definition) is 4. The molecule has 2 aromatic carbocycles. The Bertz CT molecular complexity index is 809. The minimum atomic E-state index is -4.45. The number of carbonyl (C=O) groups excluding carboxylic acids is 1. The molecule has 138 valence electrons. The zero-order valence-electron chi connectivity index (χ0n) is 14.0. The molecule has 0 unspecified atom stereocenters. The van der Waals surface area contributed by atoms with Crippen molar-refractivity contribution in [2.75, 3.05) is 25.7 Å².